The van der Waals surface area contributed by atoms with Crippen molar-refractivity contribution in [1.29, 1.82) is 5.41 Å². The molecule has 1 N–H and O–H groups in total. The van der Waals surface area contributed by atoms with E-state index in [0.29, 0.717) is 11.3 Å². The number of benzene rings is 3. The third-order valence-corrected chi connectivity index (χ3v) is 6.37. The molecule has 3 aromatic carbocycles. The van der Waals surface area contributed by atoms with Gasteiger partial charge >= 0.3 is 0 Å². The second-order valence-electron chi connectivity index (χ2n) is 7.90. The Bertz CT molecular complexity index is 1680. The molecule has 3 aromatic heterocycles. The van der Waals surface area contributed by atoms with Crippen molar-refractivity contribution in [2.24, 2.45) is 0 Å². The van der Waals surface area contributed by atoms with E-state index in [2.05, 4.69) is 53.4 Å². The standard InChI is InChI=1S/C26H19BrN6/c1-17-16-31(20-8-4-2-5-9-20)25-22(17)23(28)32(21-10-6-3-7-11-21)26-30-29-24(33(25)26)18-12-14-19(27)15-13-18/h2-16,28H,1H3. The van der Waals surface area contributed by atoms with Crippen LogP contribution in [-0.4, -0.2) is 23.7 Å². The van der Waals surface area contributed by atoms with Crippen LogP contribution in [0.15, 0.2) is 95.6 Å². The number of halogens is 1. The molecule has 6 nitrogen and oxygen atoms in total. The predicted octanol–water partition coefficient (Wildman–Crippen LogP) is 5.68. The van der Waals surface area contributed by atoms with Gasteiger partial charge in [-0.2, -0.15) is 0 Å². The highest BCUT2D eigenvalue weighted by Crippen LogP contribution is 2.29. The Labute approximate surface area is 198 Å². The Balaban J connectivity index is 1.83. The zero-order valence-electron chi connectivity index (χ0n) is 17.8. The smallest absolute Gasteiger partial charge is 0.243 e. The zero-order valence-corrected chi connectivity index (χ0v) is 19.4. The number of nitrogens with zero attached hydrogens (tertiary/aromatic N) is 5. The molecule has 0 fully saturated rings. The summed E-state index contributed by atoms with van der Waals surface area (Å²) in [6, 6.07) is 28.1. The number of hydrogen-bond acceptors (Lipinski definition) is 3. The van der Waals surface area contributed by atoms with E-state index in [1.54, 1.807) is 0 Å². The van der Waals surface area contributed by atoms with E-state index in [0.717, 1.165) is 43.8 Å². The van der Waals surface area contributed by atoms with E-state index >= 15 is 0 Å². The van der Waals surface area contributed by atoms with Crippen LogP contribution in [0.4, 0.5) is 0 Å². The summed E-state index contributed by atoms with van der Waals surface area (Å²) >= 11 is 3.52. The van der Waals surface area contributed by atoms with Gasteiger partial charge in [0.05, 0.1) is 11.1 Å². The number of rotatable bonds is 3. The van der Waals surface area contributed by atoms with E-state index < -0.39 is 0 Å². The molecule has 0 aliphatic carbocycles. The maximum Gasteiger partial charge on any atom is 0.243 e. The van der Waals surface area contributed by atoms with Crippen molar-refractivity contribution in [3.63, 3.8) is 0 Å². The van der Waals surface area contributed by atoms with Gasteiger partial charge < -0.3 is 4.57 Å². The Morgan fingerprint density at radius 3 is 2.09 bits per heavy atom. The molecule has 6 aromatic rings. The summed E-state index contributed by atoms with van der Waals surface area (Å²) in [7, 11) is 0. The van der Waals surface area contributed by atoms with Crippen molar-refractivity contribution >= 4 is 32.7 Å². The Hall–Kier alpha value is -3.97. The van der Waals surface area contributed by atoms with Crippen LogP contribution < -0.4 is 5.49 Å². The molecule has 6 rings (SSSR count). The fraction of sp³-hybridized carbons (Fsp3) is 0.0385. The van der Waals surface area contributed by atoms with Crippen molar-refractivity contribution in [1.82, 2.24) is 23.7 Å². The highest BCUT2D eigenvalue weighted by Gasteiger charge is 2.22. The lowest BCUT2D eigenvalue weighted by atomic mass is 10.2. The van der Waals surface area contributed by atoms with Gasteiger partial charge in [0, 0.05) is 21.9 Å². The molecule has 0 bridgehead atoms. The Morgan fingerprint density at radius 1 is 0.788 bits per heavy atom. The van der Waals surface area contributed by atoms with Crippen LogP contribution in [-0.2, 0) is 0 Å². The molecule has 160 valence electrons. The van der Waals surface area contributed by atoms with E-state index in [1.165, 1.54) is 0 Å². The van der Waals surface area contributed by atoms with Crippen molar-refractivity contribution in [2.45, 2.75) is 6.92 Å². The molecule has 3 heterocycles. The minimum absolute atomic E-state index is 0.380. The minimum Gasteiger partial charge on any atom is -0.302 e. The largest absolute Gasteiger partial charge is 0.302 e. The lowest BCUT2D eigenvalue weighted by Crippen LogP contribution is -2.22. The van der Waals surface area contributed by atoms with E-state index in [9.17, 15) is 5.41 Å². The number of para-hydroxylation sites is 2. The second-order valence-corrected chi connectivity index (χ2v) is 8.82. The minimum atomic E-state index is 0.380. The monoisotopic (exact) mass is 494 g/mol. The first-order chi connectivity index (χ1) is 16.1. The van der Waals surface area contributed by atoms with Crippen LogP contribution in [0.25, 0.3) is 39.6 Å². The van der Waals surface area contributed by atoms with Gasteiger partial charge in [-0.05, 0) is 48.9 Å². The third kappa shape index (κ3) is 3.04. The van der Waals surface area contributed by atoms with E-state index in [1.807, 2.05) is 84.3 Å². The first-order valence-electron chi connectivity index (χ1n) is 10.6. The normalized spacial score (nSPS) is 11.5. The van der Waals surface area contributed by atoms with Crippen molar-refractivity contribution in [2.75, 3.05) is 0 Å². The summed E-state index contributed by atoms with van der Waals surface area (Å²) in [5.74, 6) is 1.31. The van der Waals surface area contributed by atoms with Gasteiger partial charge in [0.2, 0.25) is 5.78 Å². The fourth-order valence-corrected chi connectivity index (χ4v) is 4.61. The molecule has 0 spiro atoms. The molecule has 0 atom stereocenters. The molecular formula is C26H19BrN6. The summed E-state index contributed by atoms with van der Waals surface area (Å²) in [5, 5.41) is 19.2. The van der Waals surface area contributed by atoms with Crippen LogP contribution >= 0.6 is 15.9 Å². The maximum atomic E-state index is 9.18. The van der Waals surface area contributed by atoms with E-state index in [4.69, 9.17) is 0 Å². The Kier molecular flexibility index (Phi) is 4.52. The van der Waals surface area contributed by atoms with Gasteiger partial charge in [0.1, 0.15) is 11.1 Å². The topological polar surface area (TPSA) is 63.9 Å². The van der Waals surface area contributed by atoms with Gasteiger partial charge in [-0.3, -0.25) is 9.98 Å². The van der Waals surface area contributed by atoms with Crippen LogP contribution in [0.2, 0.25) is 0 Å². The first kappa shape index (κ1) is 19.7. The highest BCUT2D eigenvalue weighted by atomic mass is 79.9. The number of hydrogen-bond donors (Lipinski definition) is 1. The van der Waals surface area contributed by atoms with Gasteiger partial charge in [-0.25, -0.2) is 4.40 Å². The molecule has 0 saturated heterocycles. The molecule has 33 heavy (non-hydrogen) atoms. The SMILES string of the molecule is Cc1cn(-c2ccccc2)c2c1c(=N)n(-c1ccccc1)c1nnc(-c3ccc(Br)cc3)n21. The lowest BCUT2D eigenvalue weighted by molar-refractivity contribution is 0.911. The summed E-state index contributed by atoms with van der Waals surface area (Å²) in [6.45, 7) is 2.05. The van der Waals surface area contributed by atoms with Gasteiger partial charge in [-0.1, -0.05) is 64.5 Å². The average Bonchev–Trinajstić information content (AvgIpc) is 3.42. The lowest BCUT2D eigenvalue weighted by Gasteiger charge is -2.14. The van der Waals surface area contributed by atoms with Gasteiger partial charge in [-0.15, -0.1) is 10.2 Å². The molecule has 0 radical (unpaired) electrons. The molecular weight excluding hydrogens is 476 g/mol. The van der Waals surface area contributed by atoms with Gasteiger partial charge in [0.15, 0.2) is 5.82 Å². The number of fused-ring (bicyclic) bond motifs is 3. The Morgan fingerprint density at radius 2 is 1.42 bits per heavy atom. The summed E-state index contributed by atoms with van der Waals surface area (Å²) in [6.07, 6.45) is 2.08. The fourth-order valence-electron chi connectivity index (χ4n) is 4.35. The van der Waals surface area contributed by atoms with Crippen molar-refractivity contribution < 1.29 is 0 Å². The van der Waals surface area contributed by atoms with Crippen molar-refractivity contribution in [3.05, 3.63) is 107 Å². The zero-order chi connectivity index (χ0) is 22.5. The quantitative estimate of drug-likeness (QED) is 0.343. The maximum absolute atomic E-state index is 9.18. The molecule has 0 aliphatic rings. The number of aromatic nitrogens is 5. The summed E-state index contributed by atoms with van der Waals surface area (Å²) in [4.78, 5) is 0. The molecule has 0 unspecified atom stereocenters. The second kappa shape index (κ2) is 7.56. The average molecular weight is 495 g/mol. The predicted molar refractivity (Wildman–Crippen MR) is 133 cm³/mol. The van der Waals surface area contributed by atoms with Crippen LogP contribution in [0, 0.1) is 12.3 Å². The number of aryl methyl sites for hydroxylation is 1. The van der Waals surface area contributed by atoms with Crippen LogP contribution in [0.1, 0.15) is 5.56 Å². The molecule has 0 aliphatic heterocycles. The first-order valence-corrected chi connectivity index (χ1v) is 11.4. The summed E-state index contributed by atoms with van der Waals surface area (Å²) < 4.78 is 7.04. The highest BCUT2D eigenvalue weighted by molar-refractivity contribution is 9.10. The number of nitrogens with one attached hydrogen (secondary N) is 1. The van der Waals surface area contributed by atoms with E-state index in [-0.39, 0.29) is 0 Å². The van der Waals surface area contributed by atoms with Crippen LogP contribution in [0.5, 0.6) is 0 Å². The molecule has 7 heteroatoms. The van der Waals surface area contributed by atoms with Crippen LogP contribution in [0.3, 0.4) is 0 Å². The third-order valence-electron chi connectivity index (χ3n) is 5.84. The molecule has 0 saturated carbocycles. The summed E-state index contributed by atoms with van der Waals surface area (Å²) in [5.41, 5.74) is 5.10. The van der Waals surface area contributed by atoms with Gasteiger partial charge in [0.25, 0.3) is 0 Å². The molecule has 0 amide bonds. The van der Waals surface area contributed by atoms with Crippen molar-refractivity contribution in [3.8, 4) is 22.8 Å².